The van der Waals surface area contributed by atoms with Gasteiger partial charge in [-0.3, -0.25) is 4.79 Å². The number of benzene rings is 1. The minimum atomic E-state index is -3.78. The highest BCUT2D eigenvalue weighted by Gasteiger charge is 2.43. The van der Waals surface area contributed by atoms with Gasteiger partial charge in [0.15, 0.2) is 0 Å². The minimum absolute atomic E-state index is 0.0816. The largest absolute Gasteiger partial charge is 0.369 e. The molecule has 1 fully saturated rings. The van der Waals surface area contributed by atoms with Crippen molar-refractivity contribution >= 4 is 16.1 Å². The molecule has 0 unspecified atom stereocenters. The van der Waals surface area contributed by atoms with E-state index in [0.29, 0.717) is 5.56 Å². The van der Waals surface area contributed by atoms with Crippen molar-refractivity contribution in [3.8, 4) is 0 Å². The summed E-state index contributed by atoms with van der Waals surface area (Å²) in [6.07, 6.45) is 0.366. The monoisotopic (exact) mass is 301 g/mol. The summed E-state index contributed by atoms with van der Waals surface area (Å²) in [7, 11) is -3.78. The van der Waals surface area contributed by atoms with E-state index in [1.165, 1.54) is 18.2 Å². The van der Waals surface area contributed by atoms with Crippen molar-refractivity contribution < 1.29 is 17.6 Å². The van der Waals surface area contributed by atoms with E-state index in [9.17, 15) is 17.6 Å². The van der Waals surface area contributed by atoms with E-state index in [2.05, 4.69) is 0 Å². The SMILES string of the molecule is NC(=O)C1(c2cccc(F)c2)CCN(S(N)(=O)=O)CC1. The molecule has 0 aliphatic carbocycles. The van der Waals surface area contributed by atoms with Crippen LogP contribution in [0, 0.1) is 5.82 Å². The summed E-state index contributed by atoms with van der Waals surface area (Å²) in [5.74, 6) is -1.05. The number of nitrogens with two attached hydrogens (primary N) is 2. The Morgan fingerprint density at radius 1 is 1.30 bits per heavy atom. The summed E-state index contributed by atoms with van der Waals surface area (Å²) in [5, 5.41) is 5.06. The standard InChI is InChI=1S/C12H16FN3O3S/c13-10-3-1-2-9(8-10)12(11(14)17)4-6-16(7-5-12)20(15,18)19/h1-3,8H,4-7H2,(H2,14,17)(H2,15,18,19). The first kappa shape index (κ1) is 14.9. The van der Waals surface area contributed by atoms with E-state index in [0.717, 1.165) is 4.31 Å². The second-order valence-corrected chi connectivity index (χ2v) is 6.45. The zero-order valence-electron chi connectivity index (χ0n) is 10.8. The predicted octanol–water partition coefficient (Wildman–Crippen LogP) is -0.152. The van der Waals surface area contributed by atoms with E-state index in [1.807, 2.05) is 0 Å². The van der Waals surface area contributed by atoms with Crippen molar-refractivity contribution in [2.24, 2.45) is 10.9 Å². The van der Waals surface area contributed by atoms with Crippen LogP contribution >= 0.6 is 0 Å². The summed E-state index contributed by atoms with van der Waals surface area (Å²) >= 11 is 0. The summed E-state index contributed by atoms with van der Waals surface area (Å²) in [6, 6.07) is 5.66. The number of carbonyl (C=O) groups excluding carboxylic acids is 1. The van der Waals surface area contributed by atoms with Gasteiger partial charge in [0.1, 0.15) is 5.82 Å². The Balaban J connectivity index is 2.33. The molecular weight excluding hydrogens is 285 g/mol. The molecular formula is C12H16FN3O3S. The zero-order valence-corrected chi connectivity index (χ0v) is 11.6. The molecule has 1 aromatic carbocycles. The fraction of sp³-hybridized carbons (Fsp3) is 0.417. The lowest BCUT2D eigenvalue weighted by molar-refractivity contribution is -0.125. The molecule has 6 nitrogen and oxygen atoms in total. The van der Waals surface area contributed by atoms with Gasteiger partial charge in [0, 0.05) is 13.1 Å². The first-order valence-electron chi connectivity index (χ1n) is 6.09. The summed E-state index contributed by atoms with van der Waals surface area (Å²) in [5.41, 5.74) is 4.90. The Labute approximate surface area is 116 Å². The zero-order chi connectivity index (χ0) is 15.0. The number of nitrogens with zero attached hydrogens (tertiary/aromatic N) is 1. The quantitative estimate of drug-likeness (QED) is 0.810. The molecule has 1 aromatic rings. The number of hydrogen-bond donors (Lipinski definition) is 2. The van der Waals surface area contributed by atoms with Gasteiger partial charge in [0.05, 0.1) is 5.41 Å². The molecule has 0 aromatic heterocycles. The number of hydrogen-bond acceptors (Lipinski definition) is 3. The van der Waals surface area contributed by atoms with Gasteiger partial charge in [-0.25, -0.2) is 9.53 Å². The maximum atomic E-state index is 13.3. The van der Waals surface area contributed by atoms with Crippen LogP contribution in [0.1, 0.15) is 18.4 Å². The summed E-state index contributed by atoms with van der Waals surface area (Å²) in [6.45, 7) is 0.163. The van der Waals surface area contributed by atoms with Crippen molar-refractivity contribution in [3.05, 3.63) is 35.6 Å². The van der Waals surface area contributed by atoms with Crippen molar-refractivity contribution in [2.45, 2.75) is 18.3 Å². The van der Waals surface area contributed by atoms with E-state index >= 15 is 0 Å². The Hall–Kier alpha value is -1.51. The van der Waals surface area contributed by atoms with Gasteiger partial charge >= 0.3 is 0 Å². The maximum absolute atomic E-state index is 13.3. The maximum Gasteiger partial charge on any atom is 0.276 e. The van der Waals surface area contributed by atoms with E-state index in [-0.39, 0.29) is 25.9 Å². The highest BCUT2D eigenvalue weighted by Crippen LogP contribution is 2.36. The molecule has 2 rings (SSSR count). The molecule has 0 radical (unpaired) electrons. The van der Waals surface area contributed by atoms with Crippen LogP contribution in [0.3, 0.4) is 0 Å². The molecule has 0 saturated carbocycles. The van der Waals surface area contributed by atoms with Crippen LogP contribution in [-0.4, -0.2) is 31.7 Å². The highest BCUT2D eigenvalue weighted by atomic mass is 32.2. The van der Waals surface area contributed by atoms with Gasteiger partial charge in [-0.15, -0.1) is 0 Å². The van der Waals surface area contributed by atoms with Gasteiger partial charge in [-0.05, 0) is 30.5 Å². The van der Waals surface area contributed by atoms with Gasteiger partial charge in [-0.1, -0.05) is 12.1 Å². The van der Waals surface area contributed by atoms with Crippen LogP contribution in [0.15, 0.2) is 24.3 Å². The third-order valence-corrected chi connectivity index (χ3v) is 4.87. The molecule has 0 atom stereocenters. The summed E-state index contributed by atoms with van der Waals surface area (Å²) < 4.78 is 37.0. The van der Waals surface area contributed by atoms with Gasteiger partial charge in [0.25, 0.3) is 10.2 Å². The van der Waals surface area contributed by atoms with E-state index in [4.69, 9.17) is 10.9 Å². The van der Waals surface area contributed by atoms with Crippen LogP contribution in [0.2, 0.25) is 0 Å². The van der Waals surface area contributed by atoms with Crippen LogP contribution in [0.5, 0.6) is 0 Å². The Morgan fingerprint density at radius 2 is 1.90 bits per heavy atom. The van der Waals surface area contributed by atoms with Crippen molar-refractivity contribution in [1.29, 1.82) is 0 Å². The van der Waals surface area contributed by atoms with E-state index < -0.39 is 27.3 Å². The molecule has 20 heavy (non-hydrogen) atoms. The van der Waals surface area contributed by atoms with Gasteiger partial charge in [-0.2, -0.15) is 12.7 Å². The number of carbonyl (C=O) groups is 1. The smallest absolute Gasteiger partial charge is 0.276 e. The fourth-order valence-electron chi connectivity index (χ4n) is 2.59. The Kier molecular flexibility index (Phi) is 3.81. The van der Waals surface area contributed by atoms with Crippen molar-refractivity contribution in [2.75, 3.05) is 13.1 Å². The average Bonchev–Trinajstić information content (AvgIpc) is 2.37. The number of amides is 1. The third kappa shape index (κ3) is 2.67. The van der Waals surface area contributed by atoms with Crippen LogP contribution < -0.4 is 10.9 Å². The average molecular weight is 301 g/mol. The predicted molar refractivity (Wildman–Crippen MR) is 71.2 cm³/mol. The first-order valence-corrected chi connectivity index (χ1v) is 7.60. The molecule has 1 saturated heterocycles. The van der Waals surface area contributed by atoms with Gasteiger partial charge < -0.3 is 5.73 Å². The first-order chi connectivity index (χ1) is 9.25. The summed E-state index contributed by atoms with van der Waals surface area (Å²) in [4.78, 5) is 11.8. The molecule has 8 heteroatoms. The van der Waals surface area contributed by atoms with E-state index in [1.54, 1.807) is 6.07 Å². The molecule has 1 aliphatic heterocycles. The topological polar surface area (TPSA) is 106 Å². The second kappa shape index (κ2) is 5.12. The number of piperidine rings is 1. The van der Waals surface area contributed by atoms with Crippen LogP contribution in [0.25, 0.3) is 0 Å². The molecule has 1 amide bonds. The number of primary amides is 1. The lowest BCUT2D eigenvalue weighted by Crippen LogP contribution is -2.52. The Bertz CT molecular complexity index is 625. The molecule has 0 spiro atoms. The molecule has 1 aliphatic rings. The third-order valence-electron chi connectivity index (χ3n) is 3.78. The normalized spacial score (nSPS) is 19.7. The molecule has 110 valence electrons. The lowest BCUT2D eigenvalue weighted by Gasteiger charge is -2.38. The van der Waals surface area contributed by atoms with Crippen LogP contribution in [-0.2, 0) is 20.4 Å². The fourth-order valence-corrected chi connectivity index (χ4v) is 3.28. The number of halogens is 1. The lowest BCUT2D eigenvalue weighted by atomic mass is 9.72. The second-order valence-electron chi connectivity index (χ2n) is 4.90. The van der Waals surface area contributed by atoms with Crippen molar-refractivity contribution in [1.82, 2.24) is 4.31 Å². The molecule has 1 heterocycles. The number of rotatable bonds is 3. The van der Waals surface area contributed by atoms with Gasteiger partial charge in [0.2, 0.25) is 5.91 Å². The highest BCUT2D eigenvalue weighted by molar-refractivity contribution is 7.86. The molecule has 4 N–H and O–H groups in total. The Morgan fingerprint density at radius 3 is 2.35 bits per heavy atom. The minimum Gasteiger partial charge on any atom is -0.369 e. The molecule has 0 bridgehead atoms. The van der Waals surface area contributed by atoms with Crippen LogP contribution in [0.4, 0.5) is 4.39 Å². The van der Waals surface area contributed by atoms with Crippen molar-refractivity contribution in [3.63, 3.8) is 0 Å².